The zero-order chi connectivity index (χ0) is 17.4. The maximum Gasteiger partial charge on any atom is 0.338 e. The van der Waals surface area contributed by atoms with Crippen LogP contribution in [0.2, 0.25) is 0 Å². The van der Waals surface area contributed by atoms with Crippen molar-refractivity contribution in [2.75, 3.05) is 18.5 Å². The Kier molecular flexibility index (Phi) is 6.51. The molecule has 2 aromatic carbocycles. The van der Waals surface area contributed by atoms with Crippen LogP contribution >= 0.6 is 0 Å². The van der Waals surface area contributed by atoms with Gasteiger partial charge in [0.2, 0.25) is 0 Å². The highest BCUT2D eigenvalue weighted by Crippen LogP contribution is 2.10. The zero-order valence-electron chi connectivity index (χ0n) is 14.0. The first-order valence-electron chi connectivity index (χ1n) is 8.05. The number of hydrogen-bond donors (Lipinski definition) is 2. The average Bonchev–Trinajstić information content (AvgIpc) is 2.61. The summed E-state index contributed by atoms with van der Waals surface area (Å²) >= 11 is 0. The molecule has 3 N–H and O–H groups in total. The summed E-state index contributed by atoms with van der Waals surface area (Å²) in [5.74, 6) is -0.443. The Morgan fingerprint density at radius 3 is 2.38 bits per heavy atom. The summed E-state index contributed by atoms with van der Waals surface area (Å²) in [5.41, 5.74) is 2.32. The molecule has 0 bridgehead atoms. The lowest BCUT2D eigenvalue weighted by atomic mass is 10.1. The maximum absolute atomic E-state index is 12.0. The van der Waals surface area contributed by atoms with Gasteiger partial charge in [0, 0.05) is 11.3 Å². The molecule has 5 heteroatoms. The molecule has 2 aromatic rings. The molecule has 1 atom stereocenters. The number of anilines is 1. The van der Waals surface area contributed by atoms with Gasteiger partial charge in [-0.1, -0.05) is 30.3 Å². The van der Waals surface area contributed by atoms with Crippen LogP contribution in [0.5, 0.6) is 0 Å². The molecule has 0 aliphatic carbocycles. The van der Waals surface area contributed by atoms with Gasteiger partial charge in [-0.3, -0.25) is 4.79 Å². The van der Waals surface area contributed by atoms with Gasteiger partial charge in [0.25, 0.3) is 5.91 Å². The van der Waals surface area contributed by atoms with Gasteiger partial charge in [0.15, 0.2) is 6.54 Å². The van der Waals surface area contributed by atoms with E-state index in [1.807, 2.05) is 35.6 Å². The average molecular weight is 327 g/mol. The highest BCUT2D eigenvalue weighted by molar-refractivity contribution is 5.93. The van der Waals surface area contributed by atoms with Crippen molar-refractivity contribution in [1.29, 1.82) is 0 Å². The third kappa shape index (κ3) is 5.21. The number of amides is 1. The molecule has 2 rings (SSSR count). The SMILES string of the molecule is CCOC(=O)c1ccc(NC(=O)C[NH2+][C@@H](C)c2ccccc2)cc1. The third-order valence-corrected chi connectivity index (χ3v) is 3.66. The fraction of sp³-hybridized carbons (Fsp3) is 0.263. The van der Waals surface area contributed by atoms with E-state index in [4.69, 9.17) is 4.74 Å². The van der Waals surface area contributed by atoms with Gasteiger partial charge in [0.1, 0.15) is 6.04 Å². The van der Waals surface area contributed by atoms with E-state index < -0.39 is 0 Å². The van der Waals surface area contributed by atoms with Crippen LogP contribution in [0.1, 0.15) is 35.8 Å². The number of carbonyl (C=O) groups excluding carboxylic acids is 2. The van der Waals surface area contributed by atoms with E-state index in [1.54, 1.807) is 31.2 Å². The first-order chi connectivity index (χ1) is 11.6. The number of quaternary nitrogens is 1. The fourth-order valence-corrected chi connectivity index (χ4v) is 2.29. The van der Waals surface area contributed by atoms with E-state index in [9.17, 15) is 9.59 Å². The molecule has 1 amide bonds. The summed E-state index contributed by atoms with van der Waals surface area (Å²) < 4.78 is 4.92. The van der Waals surface area contributed by atoms with Crippen molar-refractivity contribution in [1.82, 2.24) is 0 Å². The van der Waals surface area contributed by atoms with Crippen molar-refractivity contribution in [3.05, 3.63) is 65.7 Å². The summed E-state index contributed by atoms with van der Waals surface area (Å²) in [6.07, 6.45) is 0. The van der Waals surface area contributed by atoms with E-state index in [0.29, 0.717) is 24.4 Å². The zero-order valence-corrected chi connectivity index (χ0v) is 14.0. The van der Waals surface area contributed by atoms with Crippen molar-refractivity contribution in [2.45, 2.75) is 19.9 Å². The number of benzene rings is 2. The van der Waals surface area contributed by atoms with Crippen LogP contribution in [0.3, 0.4) is 0 Å². The number of carbonyl (C=O) groups is 2. The molecule has 24 heavy (non-hydrogen) atoms. The standard InChI is InChI=1S/C19H22N2O3/c1-3-24-19(23)16-9-11-17(12-10-16)21-18(22)13-20-14(2)15-7-5-4-6-8-15/h4-12,14,20H,3,13H2,1-2H3,(H,21,22)/p+1/t14-/m0/s1. The predicted octanol–water partition coefficient (Wildman–Crippen LogP) is 2.13. The van der Waals surface area contributed by atoms with Crippen LogP contribution in [-0.2, 0) is 9.53 Å². The minimum Gasteiger partial charge on any atom is -0.462 e. The van der Waals surface area contributed by atoms with Crippen molar-refractivity contribution in [3.8, 4) is 0 Å². The Morgan fingerprint density at radius 1 is 1.08 bits per heavy atom. The van der Waals surface area contributed by atoms with Crippen molar-refractivity contribution in [2.24, 2.45) is 0 Å². The molecule has 0 aromatic heterocycles. The second-order valence-electron chi connectivity index (χ2n) is 5.49. The lowest BCUT2D eigenvalue weighted by Gasteiger charge is -2.11. The molecule has 0 saturated carbocycles. The van der Waals surface area contributed by atoms with Gasteiger partial charge in [-0.15, -0.1) is 0 Å². The summed E-state index contributed by atoms with van der Waals surface area (Å²) in [5, 5.41) is 4.81. The second-order valence-corrected chi connectivity index (χ2v) is 5.49. The minimum atomic E-state index is -0.361. The molecule has 0 unspecified atom stereocenters. The van der Waals surface area contributed by atoms with E-state index in [2.05, 4.69) is 12.2 Å². The Morgan fingerprint density at radius 2 is 1.75 bits per heavy atom. The topological polar surface area (TPSA) is 72.0 Å². The Labute approximate surface area is 142 Å². The normalized spacial score (nSPS) is 11.6. The number of nitrogens with one attached hydrogen (secondary N) is 1. The number of esters is 1. The fourth-order valence-electron chi connectivity index (χ4n) is 2.29. The van der Waals surface area contributed by atoms with Crippen LogP contribution in [0.4, 0.5) is 5.69 Å². The molecular formula is C19H23N2O3+. The largest absolute Gasteiger partial charge is 0.462 e. The van der Waals surface area contributed by atoms with Gasteiger partial charge in [-0.05, 0) is 38.1 Å². The van der Waals surface area contributed by atoms with Gasteiger partial charge in [0.05, 0.1) is 12.2 Å². The summed E-state index contributed by atoms with van der Waals surface area (Å²) in [4.78, 5) is 23.6. The van der Waals surface area contributed by atoms with Gasteiger partial charge in [-0.25, -0.2) is 4.79 Å². The molecule has 0 aliphatic heterocycles. The highest BCUT2D eigenvalue weighted by Gasteiger charge is 2.12. The first kappa shape index (κ1) is 17.7. The van der Waals surface area contributed by atoms with Gasteiger partial charge in [-0.2, -0.15) is 0 Å². The Hall–Kier alpha value is -2.66. The first-order valence-corrected chi connectivity index (χ1v) is 8.05. The molecule has 0 radical (unpaired) electrons. The van der Waals surface area contributed by atoms with Crippen LogP contribution in [0.15, 0.2) is 54.6 Å². The molecule has 0 aliphatic rings. The number of rotatable bonds is 7. The summed E-state index contributed by atoms with van der Waals surface area (Å²) in [6, 6.07) is 16.9. The number of nitrogens with two attached hydrogens (primary N) is 1. The lowest BCUT2D eigenvalue weighted by Crippen LogP contribution is -2.86. The van der Waals surface area contributed by atoms with Crippen molar-refractivity contribution in [3.63, 3.8) is 0 Å². The van der Waals surface area contributed by atoms with Crippen LogP contribution in [0.25, 0.3) is 0 Å². The molecule has 0 fully saturated rings. The van der Waals surface area contributed by atoms with Gasteiger partial charge < -0.3 is 15.4 Å². The van der Waals surface area contributed by atoms with E-state index >= 15 is 0 Å². The van der Waals surface area contributed by atoms with Crippen molar-refractivity contribution < 1.29 is 19.6 Å². The number of hydrogen-bond acceptors (Lipinski definition) is 3. The molecule has 0 spiro atoms. The highest BCUT2D eigenvalue weighted by atomic mass is 16.5. The molecule has 5 nitrogen and oxygen atoms in total. The minimum absolute atomic E-state index is 0.0818. The Balaban J connectivity index is 1.83. The van der Waals surface area contributed by atoms with E-state index in [0.717, 1.165) is 0 Å². The van der Waals surface area contributed by atoms with E-state index in [-0.39, 0.29) is 17.9 Å². The van der Waals surface area contributed by atoms with Crippen LogP contribution in [0, 0.1) is 0 Å². The monoisotopic (exact) mass is 327 g/mol. The number of ether oxygens (including phenoxy) is 1. The van der Waals surface area contributed by atoms with E-state index in [1.165, 1.54) is 5.56 Å². The molecule has 126 valence electrons. The smallest absolute Gasteiger partial charge is 0.338 e. The van der Waals surface area contributed by atoms with Crippen LogP contribution < -0.4 is 10.6 Å². The maximum atomic E-state index is 12.0. The second kappa shape index (κ2) is 8.84. The molecular weight excluding hydrogens is 304 g/mol. The Bertz CT molecular complexity index is 669. The summed E-state index contributed by atoms with van der Waals surface area (Å²) in [6.45, 7) is 4.50. The van der Waals surface area contributed by atoms with Crippen molar-refractivity contribution >= 4 is 17.6 Å². The summed E-state index contributed by atoms with van der Waals surface area (Å²) in [7, 11) is 0. The van der Waals surface area contributed by atoms with Gasteiger partial charge >= 0.3 is 5.97 Å². The van der Waals surface area contributed by atoms with Crippen LogP contribution in [-0.4, -0.2) is 25.0 Å². The lowest BCUT2D eigenvalue weighted by molar-refractivity contribution is -0.682. The molecule has 0 saturated heterocycles. The quantitative estimate of drug-likeness (QED) is 0.765. The third-order valence-electron chi connectivity index (χ3n) is 3.66. The predicted molar refractivity (Wildman–Crippen MR) is 92.7 cm³/mol. The molecule has 0 heterocycles.